The molecule has 1 N–H and O–H groups in total. The molecule has 1 saturated heterocycles. The third-order valence-electron chi connectivity index (χ3n) is 4.32. The average Bonchev–Trinajstić information content (AvgIpc) is 3.11. The summed E-state index contributed by atoms with van der Waals surface area (Å²) in [5.74, 6) is -0.525. The zero-order chi connectivity index (χ0) is 18.7. The van der Waals surface area contributed by atoms with Gasteiger partial charge in [-0.3, -0.25) is 9.69 Å². The number of aromatic nitrogens is 3. The molecule has 1 aliphatic rings. The van der Waals surface area contributed by atoms with E-state index in [-0.39, 0.29) is 17.6 Å². The molecule has 140 valence electrons. The SMILES string of the molecule is O=C(CN1CCC(n2cncn2)CC1)Nc1c(Cl)cccc1C(F)(F)F. The second-order valence-electron chi connectivity index (χ2n) is 6.09. The van der Waals surface area contributed by atoms with Crippen molar-refractivity contribution in [1.29, 1.82) is 0 Å². The number of rotatable bonds is 4. The molecular weight excluding hydrogens is 371 g/mol. The molecular formula is C16H17ClF3N5O. The van der Waals surface area contributed by atoms with Crippen LogP contribution in [-0.4, -0.2) is 45.2 Å². The van der Waals surface area contributed by atoms with Crippen molar-refractivity contribution in [3.8, 4) is 0 Å². The lowest BCUT2D eigenvalue weighted by molar-refractivity contribution is -0.137. The summed E-state index contributed by atoms with van der Waals surface area (Å²) in [6.45, 7) is 1.30. The normalized spacial score (nSPS) is 16.6. The van der Waals surface area contributed by atoms with E-state index in [0.717, 1.165) is 18.9 Å². The van der Waals surface area contributed by atoms with E-state index in [1.165, 1.54) is 18.5 Å². The summed E-state index contributed by atoms with van der Waals surface area (Å²) >= 11 is 5.85. The number of amides is 1. The number of benzene rings is 1. The number of carbonyl (C=O) groups excluding carboxylic acids is 1. The molecule has 1 fully saturated rings. The van der Waals surface area contributed by atoms with Crippen molar-refractivity contribution in [2.75, 3.05) is 25.0 Å². The molecule has 0 spiro atoms. The Morgan fingerprint density at radius 1 is 1.31 bits per heavy atom. The summed E-state index contributed by atoms with van der Waals surface area (Å²) in [6, 6.07) is 3.63. The van der Waals surface area contributed by atoms with Gasteiger partial charge in [0.05, 0.1) is 28.9 Å². The number of para-hydroxylation sites is 1. The van der Waals surface area contributed by atoms with Crippen molar-refractivity contribution in [1.82, 2.24) is 19.7 Å². The number of halogens is 4. The number of nitrogens with zero attached hydrogens (tertiary/aromatic N) is 4. The first-order valence-electron chi connectivity index (χ1n) is 8.06. The first-order valence-corrected chi connectivity index (χ1v) is 8.44. The molecule has 1 aromatic carbocycles. The van der Waals surface area contributed by atoms with Gasteiger partial charge in [0.2, 0.25) is 5.91 Å². The van der Waals surface area contributed by atoms with E-state index in [1.54, 1.807) is 11.0 Å². The van der Waals surface area contributed by atoms with Gasteiger partial charge in [0.1, 0.15) is 12.7 Å². The van der Waals surface area contributed by atoms with Crippen LogP contribution >= 0.6 is 11.6 Å². The zero-order valence-corrected chi connectivity index (χ0v) is 14.5. The summed E-state index contributed by atoms with van der Waals surface area (Å²) in [4.78, 5) is 18.0. The smallest absolute Gasteiger partial charge is 0.323 e. The fraction of sp³-hybridized carbons (Fsp3) is 0.438. The maximum Gasteiger partial charge on any atom is 0.418 e. The van der Waals surface area contributed by atoms with Crippen molar-refractivity contribution < 1.29 is 18.0 Å². The number of hydrogen-bond acceptors (Lipinski definition) is 4. The fourth-order valence-electron chi connectivity index (χ4n) is 3.02. The molecule has 1 amide bonds. The molecule has 0 atom stereocenters. The third-order valence-corrected chi connectivity index (χ3v) is 4.63. The van der Waals surface area contributed by atoms with Crippen molar-refractivity contribution >= 4 is 23.2 Å². The molecule has 0 radical (unpaired) electrons. The highest BCUT2D eigenvalue weighted by Gasteiger charge is 2.35. The van der Waals surface area contributed by atoms with Gasteiger partial charge >= 0.3 is 6.18 Å². The number of anilines is 1. The number of piperidine rings is 1. The predicted molar refractivity (Wildman–Crippen MR) is 89.8 cm³/mol. The van der Waals surface area contributed by atoms with E-state index >= 15 is 0 Å². The van der Waals surface area contributed by atoms with Crippen LogP contribution in [0.25, 0.3) is 0 Å². The fourth-order valence-corrected chi connectivity index (χ4v) is 3.24. The Labute approximate surface area is 153 Å². The monoisotopic (exact) mass is 387 g/mol. The lowest BCUT2D eigenvalue weighted by atomic mass is 10.1. The number of nitrogens with one attached hydrogen (secondary N) is 1. The van der Waals surface area contributed by atoms with Gasteiger partial charge in [-0.1, -0.05) is 17.7 Å². The maximum absolute atomic E-state index is 13.1. The predicted octanol–water partition coefficient (Wildman–Crippen LogP) is 3.23. The highest BCUT2D eigenvalue weighted by atomic mass is 35.5. The van der Waals surface area contributed by atoms with Gasteiger partial charge in [0, 0.05) is 13.1 Å². The molecule has 0 aliphatic carbocycles. The quantitative estimate of drug-likeness (QED) is 0.875. The molecule has 0 bridgehead atoms. The van der Waals surface area contributed by atoms with Crippen LogP contribution in [0.5, 0.6) is 0 Å². The van der Waals surface area contributed by atoms with E-state index in [0.29, 0.717) is 13.1 Å². The minimum absolute atomic E-state index is 0.00655. The Hall–Kier alpha value is -2.13. The maximum atomic E-state index is 13.1. The summed E-state index contributed by atoms with van der Waals surface area (Å²) in [6.07, 6.45) is 0.113. The van der Waals surface area contributed by atoms with Gasteiger partial charge in [-0.15, -0.1) is 0 Å². The van der Waals surface area contributed by atoms with Gasteiger partial charge in [0.15, 0.2) is 0 Å². The number of carbonyl (C=O) groups is 1. The van der Waals surface area contributed by atoms with E-state index < -0.39 is 23.3 Å². The number of alkyl halides is 3. The Morgan fingerprint density at radius 2 is 2.04 bits per heavy atom. The minimum Gasteiger partial charge on any atom is -0.323 e. The standard InChI is InChI=1S/C16H17ClF3N5O/c17-13-3-1-2-12(16(18,19)20)15(13)23-14(26)8-24-6-4-11(5-7-24)25-10-21-9-22-25/h1-3,9-11H,4-8H2,(H,23,26). The molecule has 6 nitrogen and oxygen atoms in total. The van der Waals surface area contributed by atoms with Crippen molar-refractivity contribution in [3.05, 3.63) is 41.4 Å². The average molecular weight is 388 g/mol. The first-order chi connectivity index (χ1) is 12.3. The van der Waals surface area contributed by atoms with Gasteiger partial charge in [-0.2, -0.15) is 18.3 Å². The topological polar surface area (TPSA) is 63.1 Å². The van der Waals surface area contributed by atoms with E-state index in [9.17, 15) is 18.0 Å². The molecule has 1 aromatic heterocycles. The second-order valence-corrected chi connectivity index (χ2v) is 6.50. The van der Waals surface area contributed by atoms with Crippen LogP contribution in [0.15, 0.2) is 30.9 Å². The summed E-state index contributed by atoms with van der Waals surface area (Å²) in [5, 5.41) is 6.28. The highest BCUT2D eigenvalue weighted by Crippen LogP contribution is 2.38. The second kappa shape index (κ2) is 7.63. The molecule has 26 heavy (non-hydrogen) atoms. The number of hydrogen-bond donors (Lipinski definition) is 1. The van der Waals surface area contributed by atoms with Crippen LogP contribution in [-0.2, 0) is 11.0 Å². The molecule has 2 heterocycles. The van der Waals surface area contributed by atoms with Crippen molar-refractivity contribution in [2.24, 2.45) is 0 Å². The molecule has 2 aromatic rings. The Morgan fingerprint density at radius 3 is 2.65 bits per heavy atom. The van der Waals surface area contributed by atoms with E-state index in [2.05, 4.69) is 15.4 Å². The molecule has 0 saturated carbocycles. The van der Waals surface area contributed by atoms with E-state index in [1.807, 2.05) is 4.90 Å². The van der Waals surface area contributed by atoms with Crippen molar-refractivity contribution in [3.63, 3.8) is 0 Å². The van der Waals surface area contributed by atoms with Gasteiger partial charge < -0.3 is 5.32 Å². The van der Waals surface area contributed by atoms with Gasteiger partial charge in [-0.05, 0) is 25.0 Å². The Bertz CT molecular complexity index is 758. The summed E-state index contributed by atoms with van der Waals surface area (Å²) in [5.41, 5.74) is -1.35. The largest absolute Gasteiger partial charge is 0.418 e. The van der Waals surface area contributed by atoms with Crippen LogP contribution in [0.3, 0.4) is 0 Å². The third kappa shape index (κ3) is 4.34. The Kier molecular flexibility index (Phi) is 5.47. The minimum atomic E-state index is -4.59. The van der Waals surface area contributed by atoms with E-state index in [4.69, 9.17) is 11.6 Å². The lowest BCUT2D eigenvalue weighted by Gasteiger charge is -2.31. The summed E-state index contributed by atoms with van der Waals surface area (Å²) in [7, 11) is 0. The number of likely N-dealkylation sites (tertiary alicyclic amines) is 1. The molecule has 10 heteroatoms. The van der Waals surface area contributed by atoms with Crippen LogP contribution in [0.1, 0.15) is 24.4 Å². The van der Waals surface area contributed by atoms with Crippen molar-refractivity contribution in [2.45, 2.75) is 25.1 Å². The van der Waals surface area contributed by atoms with Crippen LogP contribution < -0.4 is 5.32 Å². The zero-order valence-electron chi connectivity index (χ0n) is 13.7. The van der Waals surface area contributed by atoms with Crippen LogP contribution in [0.2, 0.25) is 5.02 Å². The Balaban J connectivity index is 1.59. The van der Waals surface area contributed by atoms with Crippen LogP contribution in [0, 0.1) is 0 Å². The molecule has 0 unspecified atom stereocenters. The molecule has 1 aliphatic heterocycles. The molecule has 3 rings (SSSR count). The highest BCUT2D eigenvalue weighted by molar-refractivity contribution is 6.34. The van der Waals surface area contributed by atoms with Crippen LogP contribution in [0.4, 0.5) is 18.9 Å². The first kappa shape index (κ1) is 18.7. The summed E-state index contributed by atoms with van der Waals surface area (Å²) < 4.78 is 41.0. The van der Waals surface area contributed by atoms with Gasteiger partial charge in [0.25, 0.3) is 0 Å². The lowest BCUT2D eigenvalue weighted by Crippen LogP contribution is -2.40. The van der Waals surface area contributed by atoms with Gasteiger partial charge in [-0.25, -0.2) is 9.67 Å².